The molecule has 140 valence electrons. The van der Waals surface area contributed by atoms with E-state index in [1.165, 1.54) is 0 Å². The highest BCUT2D eigenvalue weighted by Crippen LogP contribution is 1.85. The standard InChI is InChI=1S/3C5H14NO.ClH/c3*1-6(2,3)4-5-7;/h3*7H,4-5H2,1-3H3;1H/q3*+1;. The minimum absolute atomic E-state index is 0. The van der Waals surface area contributed by atoms with E-state index in [-0.39, 0.29) is 32.2 Å². The lowest BCUT2D eigenvalue weighted by molar-refractivity contribution is -0.870. The average molecular weight is 349 g/mol. The van der Waals surface area contributed by atoms with Gasteiger partial charge in [-0.3, -0.25) is 0 Å². The maximum Gasteiger partial charge on any atom is 0.101 e. The molecule has 0 unspecified atom stereocenters. The summed E-state index contributed by atoms with van der Waals surface area (Å²) >= 11 is 0. The van der Waals surface area contributed by atoms with Crippen LogP contribution in [0.15, 0.2) is 0 Å². The topological polar surface area (TPSA) is 60.7 Å². The molecule has 0 atom stereocenters. The molecule has 0 aliphatic heterocycles. The predicted molar refractivity (Wildman–Crippen MR) is 97.2 cm³/mol. The molecule has 0 aromatic heterocycles. The van der Waals surface area contributed by atoms with E-state index in [1.807, 2.05) is 0 Å². The molecular weight excluding hydrogens is 306 g/mol. The fourth-order valence-electron chi connectivity index (χ4n) is 0.900. The number of rotatable bonds is 6. The van der Waals surface area contributed by atoms with Crippen molar-refractivity contribution in [3.63, 3.8) is 0 Å². The van der Waals surface area contributed by atoms with Crippen molar-refractivity contribution in [3.05, 3.63) is 0 Å². The second-order valence-corrected chi connectivity index (χ2v) is 8.21. The van der Waals surface area contributed by atoms with Crippen molar-refractivity contribution in [1.82, 2.24) is 0 Å². The Labute approximate surface area is 144 Å². The lowest BCUT2D eigenvalue weighted by Crippen LogP contribution is -2.36. The van der Waals surface area contributed by atoms with Crippen molar-refractivity contribution in [3.8, 4) is 0 Å². The van der Waals surface area contributed by atoms with Crippen LogP contribution in [-0.2, 0) is 0 Å². The molecular formula is C15H43ClN3O3+3. The van der Waals surface area contributed by atoms with Crippen LogP contribution in [0.1, 0.15) is 0 Å². The number of aliphatic hydroxyl groups is 3. The Balaban J connectivity index is -0.000000108. The van der Waals surface area contributed by atoms with Gasteiger partial charge < -0.3 is 28.8 Å². The van der Waals surface area contributed by atoms with Gasteiger partial charge in [-0.1, -0.05) is 0 Å². The van der Waals surface area contributed by atoms with Crippen molar-refractivity contribution in [2.45, 2.75) is 0 Å². The molecule has 0 heterocycles. The van der Waals surface area contributed by atoms with Crippen molar-refractivity contribution in [1.29, 1.82) is 0 Å². The zero-order chi connectivity index (χ0) is 17.7. The van der Waals surface area contributed by atoms with Crippen LogP contribution in [-0.4, -0.2) is 132 Å². The molecule has 0 radical (unpaired) electrons. The summed E-state index contributed by atoms with van der Waals surface area (Å²) < 4.78 is 2.53. The molecule has 0 aromatic carbocycles. The SMILES string of the molecule is C[N+](C)(C)CCO.C[N+](C)(C)CCO.C[N+](C)(C)CCO.Cl. The molecule has 7 heteroatoms. The molecule has 0 rings (SSSR count). The van der Waals surface area contributed by atoms with Gasteiger partial charge in [0.2, 0.25) is 0 Å². The van der Waals surface area contributed by atoms with Gasteiger partial charge >= 0.3 is 0 Å². The first-order valence-corrected chi connectivity index (χ1v) is 7.42. The van der Waals surface area contributed by atoms with E-state index >= 15 is 0 Å². The Bertz CT molecular complexity index is 184. The average Bonchev–Trinajstić information content (AvgIpc) is 2.12. The molecule has 0 aliphatic rings. The third-order valence-electron chi connectivity index (χ3n) is 2.31. The van der Waals surface area contributed by atoms with Gasteiger partial charge in [-0.25, -0.2) is 0 Å². The normalized spacial score (nSPS) is 11.5. The maximum atomic E-state index is 8.39. The van der Waals surface area contributed by atoms with Crippen molar-refractivity contribution in [2.24, 2.45) is 0 Å². The van der Waals surface area contributed by atoms with Gasteiger partial charge in [0, 0.05) is 0 Å². The first-order chi connectivity index (χ1) is 9.18. The Morgan fingerprint density at radius 1 is 0.455 bits per heavy atom. The molecule has 0 bridgehead atoms. The molecule has 0 aromatic rings. The van der Waals surface area contributed by atoms with Crippen LogP contribution in [0.4, 0.5) is 0 Å². The monoisotopic (exact) mass is 348 g/mol. The minimum atomic E-state index is 0. The van der Waals surface area contributed by atoms with Gasteiger partial charge in [0.15, 0.2) is 0 Å². The third-order valence-corrected chi connectivity index (χ3v) is 2.31. The number of halogens is 1. The number of quaternary nitrogens is 3. The van der Waals surface area contributed by atoms with Gasteiger partial charge in [-0.15, -0.1) is 12.4 Å². The summed E-state index contributed by atoms with van der Waals surface area (Å²) in [5.41, 5.74) is 0. The highest BCUT2D eigenvalue weighted by Gasteiger charge is 2.03. The highest BCUT2D eigenvalue weighted by molar-refractivity contribution is 5.85. The first kappa shape index (κ1) is 30.0. The van der Waals surface area contributed by atoms with Crippen LogP contribution in [0.2, 0.25) is 0 Å². The summed E-state index contributed by atoms with van der Waals surface area (Å²) in [5.74, 6) is 0. The Hall–Kier alpha value is 0.0500. The highest BCUT2D eigenvalue weighted by atomic mass is 35.5. The third kappa shape index (κ3) is 50.1. The minimum Gasteiger partial charge on any atom is -0.391 e. The zero-order valence-electron chi connectivity index (χ0n) is 16.3. The second kappa shape index (κ2) is 14.6. The van der Waals surface area contributed by atoms with Gasteiger partial charge in [0.25, 0.3) is 0 Å². The summed E-state index contributed by atoms with van der Waals surface area (Å²) in [7, 11) is 18.5. The summed E-state index contributed by atoms with van der Waals surface area (Å²) in [4.78, 5) is 0. The van der Waals surface area contributed by atoms with E-state index in [2.05, 4.69) is 63.4 Å². The molecule has 22 heavy (non-hydrogen) atoms. The van der Waals surface area contributed by atoms with Gasteiger partial charge in [0.1, 0.15) is 19.6 Å². The molecule has 0 saturated carbocycles. The number of likely N-dealkylation sites (N-methyl/N-ethyl adjacent to an activating group) is 3. The molecule has 6 nitrogen and oxygen atoms in total. The van der Waals surface area contributed by atoms with Crippen molar-refractivity contribution < 1.29 is 28.8 Å². The summed E-state index contributed by atoms with van der Waals surface area (Å²) in [6.07, 6.45) is 0. The van der Waals surface area contributed by atoms with Crippen molar-refractivity contribution in [2.75, 3.05) is 103 Å². The van der Waals surface area contributed by atoms with E-state index in [9.17, 15) is 0 Å². The summed E-state index contributed by atoms with van der Waals surface area (Å²) in [6.45, 7) is 3.34. The predicted octanol–water partition coefficient (Wildman–Crippen LogP) is -0.523. The molecule has 0 aliphatic carbocycles. The van der Waals surface area contributed by atoms with Crippen LogP contribution in [0.3, 0.4) is 0 Å². The maximum absolute atomic E-state index is 8.39. The Morgan fingerprint density at radius 2 is 0.591 bits per heavy atom. The number of hydrogen-bond acceptors (Lipinski definition) is 3. The van der Waals surface area contributed by atoms with E-state index in [4.69, 9.17) is 15.3 Å². The quantitative estimate of drug-likeness (QED) is 0.566. The summed E-state index contributed by atoms with van der Waals surface area (Å²) in [6, 6.07) is 0. The second-order valence-electron chi connectivity index (χ2n) is 8.21. The van der Waals surface area contributed by atoms with Crippen molar-refractivity contribution >= 4 is 12.4 Å². The molecule has 0 amide bonds. The van der Waals surface area contributed by atoms with Gasteiger partial charge in [-0.2, -0.15) is 0 Å². The first-order valence-electron chi connectivity index (χ1n) is 7.42. The summed E-state index contributed by atoms with van der Waals surface area (Å²) in [5, 5.41) is 25.2. The largest absolute Gasteiger partial charge is 0.391 e. The van der Waals surface area contributed by atoms with Gasteiger partial charge in [-0.05, 0) is 0 Å². The van der Waals surface area contributed by atoms with Crippen LogP contribution >= 0.6 is 12.4 Å². The fraction of sp³-hybridized carbons (Fsp3) is 1.00. The number of aliphatic hydroxyl groups excluding tert-OH is 3. The Kier molecular flexibility index (Phi) is 19.9. The Morgan fingerprint density at radius 3 is 0.591 bits per heavy atom. The van der Waals surface area contributed by atoms with Crippen LogP contribution in [0, 0.1) is 0 Å². The fourth-order valence-corrected chi connectivity index (χ4v) is 0.900. The van der Waals surface area contributed by atoms with E-state index in [0.717, 1.165) is 33.1 Å². The van der Waals surface area contributed by atoms with Crippen LogP contribution in [0.5, 0.6) is 0 Å². The zero-order valence-corrected chi connectivity index (χ0v) is 17.2. The molecule has 0 fully saturated rings. The van der Waals surface area contributed by atoms with Crippen LogP contribution < -0.4 is 0 Å². The van der Waals surface area contributed by atoms with E-state index < -0.39 is 0 Å². The lowest BCUT2D eigenvalue weighted by atomic mass is 10.5. The smallest absolute Gasteiger partial charge is 0.101 e. The molecule has 0 spiro atoms. The van der Waals surface area contributed by atoms with E-state index in [0.29, 0.717) is 0 Å². The molecule has 3 N–H and O–H groups in total. The number of hydrogen-bond donors (Lipinski definition) is 3. The lowest BCUT2D eigenvalue weighted by Gasteiger charge is -2.21. The van der Waals surface area contributed by atoms with Gasteiger partial charge in [0.05, 0.1) is 83.2 Å². The van der Waals surface area contributed by atoms with E-state index in [1.54, 1.807) is 0 Å². The number of nitrogens with zero attached hydrogens (tertiary/aromatic N) is 3. The van der Waals surface area contributed by atoms with Crippen LogP contribution in [0.25, 0.3) is 0 Å². The molecule has 0 saturated heterocycles.